The largest absolute Gasteiger partial charge is 0.361 e. The van der Waals surface area contributed by atoms with Gasteiger partial charge < -0.3 is 20.1 Å². The minimum atomic E-state index is -0.817. The molecule has 9 heteroatoms. The summed E-state index contributed by atoms with van der Waals surface area (Å²) in [7, 11) is 0. The summed E-state index contributed by atoms with van der Waals surface area (Å²) in [5, 5.41) is 12.5. The van der Waals surface area contributed by atoms with Crippen molar-refractivity contribution in [3.8, 4) is 0 Å². The second-order valence-electron chi connectivity index (χ2n) is 7.66. The first kappa shape index (κ1) is 20.2. The first-order chi connectivity index (χ1) is 13.3. The van der Waals surface area contributed by atoms with Crippen LogP contribution in [0, 0.1) is 19.8 Å². The van der Waals surface area contributed by atoms with E-state index in [1.54, 1.807) is 0 Å². The van der Waals surface area contributed by atoms with E-state index in [9.17, 15) is 9.59 Å². The lowest BCUT2D eigenvalue weighted by molar-refractivity contribution is -0.125. The van der Waals surface area contributed by atoms with E-state index in [1.807, 2.05) is 20.8 Å². The molecule has 3 rings (SSSR count). The predicted molar refractivity (Wildman–Crippen MR) is 105 cm³/mol. The van der Waals surface area contributed by atoms with Crippen molar-refractivity contribution in [1.29, 1.82) is 0 Å². The van der Waals surface area contributed by atoms with Gasteiger partial charge in [-0.15, -0.1) is 0 Å². The zero-order valence-electron chi connectivity index (χ0n) is 17.1. The lowest BCUT2D eigenvalue weighted by Crippen LogP contribution is -2.55. The number of nitrogens with zero attached hydrogens (tertiary/aromatic N) is 3. The third-order valence-corrected chi connectivity index (χ3v) is 5.82. The first-order valence-electron chi connectivity index (χ1n) is 9.93. The molecule has 2 saturated heterocycles. The Morgan fingerprint density at radius 3 is 2.61 bits per heavy atom. The molecule has 3 heterocycles. The third-order valence-electron chi connectivity index (χ3n) is 5.82. The van der Waals surface area contributed by atoms with Gasteiger partial charge >= 0.3 is 6.03 Å². The highest BCUT2D eigenvalue weighted by Gasteiger charge is 2.48. The molecular formula is C19H30N6O3. The molecule has 0 radical (unpaired) electrons. The topological polar surface area (TPSA) is 112 Å². The van der Waals surface area contributed by atoms with Gasteiger partial charge in [-0.05, 0) is 52.9 Å². The highest BCUT2D eigenvalue weighted by molar-refractivity contribution is 6.07. The van der Waals surface area contributed by atoms with Crippen LogP contribution in [0.4, 0.5) is 4.79 Å². The first-order valence-corrected chi connectivity index (χ1v) is 9.93. The fraction of sp³-hybridized carbons (Fsp3) is 0.684. The molecule has 2 fully saturated rings. The fourth-order valence-corrected chi connectivity index (χ4v) is 4.07. The number of nitrogens with one attached hydrogen (secondary N) is 3. The molecule has 0 aromatic carbocycles. The zero-order chi connectivity index (χ0) is 20.3. The average Bonchev–Trinajstić information content (AvgIpc) is 3.13. The molecular weight excluding hydrogens is 360 g/mol. The molecule has 1 aromatic heterocycles. The summed E-state index contributed by atoms with van der Waals surface area (Å²) < 4.78 is 5.22. The number of urea groups is 1. The average molecular weight is 390 g/mol. The zero-order valence-corrected chi connectivity index (χ0v) is 17.1. The monoisotopic (exact) mass is 390 g/mol. The Labute approximate surface area is 165 Å². The van der Waals surface area contributed by atoms with Crippen LogP contribution in [0.3, 0.4) is 0 Å². The van der Waals surface area contributed by atoms with Gasteiger partial charge in [0, 0.05) is 31.7 Å². The summed E-state index contributed by atoms with van der Waals surface area (Å²) in [6.07, 6.45) is 2.42. The summed E-state index contributed by atoms with van der Waals surface area (Å²) in [5.41, 5.74) is 1.22. The van der Waals surface area contributed by atoms with Gasteiger partial charge in [-0.2, -0.15) is 0 Å². The van der Waals surface area contributed by atoms with Crippen LogP contribution in [0.25, 0.3) is 0 Å². The number of aromatic nitrogens is 1. The SMILES string of the molecule is CCNC(=NCCc1c(C)noc1C)N1CCC(C2(C)NC(=O)NC2=O)CC1. The standard InChI is InChI=1S/C19H30N6O3/c1-5-20-17(21-9-6-15-12(2)24-28-13(15)3)25-10-7-14(8-11-25)19(4)16(26)22-18(27)23-19/h14H,5-11H2,1-4H3,(H,20,21)(H2,22,23,26,27). The van der Waals surface area contributed by atoms with Crippen molar-refractivity contribution in [1.82, 2.24) is 26.0 Å². The van der Waals surface area contributed by atoms with Gasteiger partial charge in [0.25, 0.3) is 5.91 Å². The maximum absolute atomic E-state index is 12.2. The number of guanidine groups is 1. The number of carbonyl (C=O) groups is 2. The van der Waals surface area contributed by atoms with Crippen molar-refractivity contribution in [2.24, 2.45) is 10.9 Å². The number of carbonyl (C=O) groups excluding carboxylic acids is 2. The summed E-state index contributed by atoms with van der Waals surface area (Å²) in [6, 6.07) is -0.399. The van der Waals surface area contributed by atoms with Crippen LogP contribution in [0.5, 0.6) is 0 Å². The van der Waals surface area contributed by atoms with E-state index in [0.717, 1.165) is 61.9 Å². The highest BCUT2D eigenvalue weighted by atomic mass is 16.5. The lowest BCUT2D eigenvalue weighted by Gasteiger charge is -2.39. The molecule has 9 nitrogen and oxygen atoms in total. The van der Waals surface area contributed by atoms with Gasteiger partial charge in [-0.3, -0.25) is 15.1 Å². The van der Waals surface area contributed by atoms with Crippen LogP contribution in [0.15, 0.2) is 9.52 Å². The summed E-state index contributed by atoms with van der Waals surface area (Å²) in [6.45, 7) is 10.8. The minimum absolute atomic E-state index is 0.111. The van der Waals surface area contributed by atoms with Crippen molar-refractivity contribution in [2.45, 2.75) is 52.5 Å². The van der Waals surface area contributed by atoms with Gasteiger partial charge in [-0.25, -0.2) is 4.79 Å². The van der Waals surface area contributed by atoms with Gasteiger partial charge in [0.15, 0.2) is 5.96 Å². The van der Waals surface area contributed by atoms with E-state index in [4.69, 9.17) is 9.52 Å². The molecule has 0 spiro atoms. The Balaban J connectivity index is 1.60. The van der Waals surface area contributed by atoms with E-state index in [1.165, 1.54) is 0 Å². The van der Waals surface area contributed by atoms with Crippen molar-refractivity contribution in [3.05, 3.63) is 17.0 Å². The van der Waals surface area contributed by atoms with Crippen molar-refractivity contribution >= 4 is 17.9 Å². The number of rotatable bonds is 5. The highest BCUT2D eigenvalue weighted by Crippen LogP contribution is 2.30. The second-order valence-corrected chi connectivity index (χ2v) is 7.66. The maximum Gasteiger partial charge on any atom is 0.322 e. The molecule has 0 bridgehead atoms. The predicted octanol–water partition coefficient (Wildman–Crippen LogP) is 1.11. The van der Waals surface area contributed by atoms with Gasteiger partial charge in [0.2, 0.25) is 0 Å². The molecule has 1 aromatic rings. The number of aliphatic imine (C=N–C) groups is 1. The fourth-order valence-electron chi connectivity index (χ4n) is 4.07. The number of likely N-dealkylation sites (tertiary alicyclic amines) is 1. The normalized spacial score (nSPS) is 23.7. The van der Waals surface area contributed by atoms with E-state index in [0.29, 0.717) is 6.54 Å². The van der Waals surface area contributed by atoms with Crippen LogP contribution >= 0.6 is 0 Å². The van der Waals surface area contributed by atoms with Crippen LogP contribution in [-0.2, 0) is 11.2 Å². The number of aryl methyl sites for hydroxylation is 2. The Kier molecular flexibility index (Phi) is 5.90. The quantitative estimate of drug-likeness (QED) is 0.394. The smallest absolute Gasteiger partial charge is 0.322 e. The number of hydrogen-bond acceptors (Lipinski definition) is 5. The molecule has 3 N–H and O–H groups in total. The summed E-state index contributed by atoms with van der Waals surface area (Å²) >= 11 is 0. The van der Waals surface area contributed by atoms with Crippen LogP contribution in [0.1, 0.15) is 43.7 Å². The molecule has 1 unspecified atom stereocenters. The Morgan fingerprint density at radius 1 is 1.36 bits per heavy atom. The minimum Gasteiger partial charge on any atom is -0.361 e. The molecule has 0 saturated carbocycles. The van der Waals surface area contributed by atoms with Gasteiger partial charge in [0.1, 0.15) is 11.3 Å². The van der Waals surface area contributed by atoms with E-state index in [-0.39, 0.29) is 11.8 Å². The third kappa shape index (κ3) is 3.98. The molecule has 28 heavy (non-hydrogen) atoms. The number of amides is 3. The number of hydrogen-bond donors (Lipinski definition) is 3. The van der Waals surface area contributed by atoms with Crippen molar-refractivity contribution in [2.75, 3.05) is 26.2 Å². The lowest BCUT2D eigenvalue weighted by atomic mass is 9.79. The number of piperidine rings is 1. The maximum atomic E-state index is 12.2. The summed E-state index contributed by atoms with van der Waals surface area (Å²) in [4.78, 5) is 30.7. The number of imide groups is 1. The van der Waals surface area contributed by atoms with Crippen molar-refractivity contribution in [3.63, 3.8) is 0 Å². The molecule has 3 amide bonds. The Bertz CT molecular complexity index is 746. The van der Waals surface area contributed by atoms with Gasteiger partial charge in [-0.1, -0.05) is 5.16 Å². The van der Waals surface area contributed by atoms with Crippen LogP contribution in [0.2, 0.25) is 0 Å². The second kappa shape index (κ2) is 8.20. The molecule has 154 valence electrons. The molecule has 0 aliphatic carbocycles. The Morgan fingerprint density at radius 2 is 2.07 bits per heavy atom. The van der Waals surface area contributed by atoms with E-state index < -0.39 is 11.6 Å². The van der Waals surface area contributed by atoms with E-state index >= 15 is 0 Å². The van der Waals surface area contributed by atoms with Crippen LogP contribution < -0.4 is 16.0 Å². The molecule has 2 aliphatic rings. The molecule has 2 aliphatic heterocycles. The molecule has 1 atom stereocenters. The van der Waals surface area contributed by atoms with Crippen LogP contribution in [-0.4, -0.2) is 59.7 Å². The van der Waals surface area contributed by atoms with Gasteiger partial charge in [0.05, 0.1) is 5.69 Å². The summed E-state index contributed by atoms with van der Waals surface area (Å²) in [5.74, 6) is 1.62. The Hall–Kier alpha value is -2.58. The van der Waals surface area contributed by atoms with Crippen molar-refractivity contribution < 1.29 is 14.1 Å². The van der Waals surface area contributed by atoms with E-state index in [2.05, 4.69) is 32.9 Å².